The van der Waals surface area contributed by atoms with Crippen molar-refractivity contribution in [1.82, 2.24) is 0 Å². The van der Waals surface area contributed by atoms with E-state index in [1.165, 1.54) is 0 Å². The van der Waals surface area contributed by atoms with E-state index in [0.717, 1.165) is 22.5 Å². The molecule has 0 heterocycles. The number of halogens is 2. The molecule has 0 aliphatic rings. The van der Waals surface area contributed by atoms with Crippen LogP contribution in [0, 0.1) is 0 Å². The second-order valence-electron chi connectivity index (χ2n) is 2.47. The van der Waals surface area contributed by atoms with E-state index in [-0.39, 0.29) is 0 Å². The highest BCUT2D eigenvalue weighted by Gasteiger charge is 2.00. The SMILES string of the molecule is COc1cc(NCCCl)ccc1Br. The van der Waals surface area contributed by atoms with E-state index in [1.54, 1.807) is 7.11 Å². The van der Waals surface area contributed by atoms with Gasteiger partial charge in [0.1, 0.15) is 5.75 Å². The maximum absolute atomic E-state index is 5.55. The summed E-state index contributed by atoms with van der Waals surface area (Å²) < 4.78 is 6.10. The highest BCUT2D eigenvalue weighted by atomic mass is 79.9. The molecule has 0 bridgehead atoms. The predicted octanol–water partition coefficient (Wildman–Crippen LogP) is 3.11. The molecule has 0 fully saturated rings. The number of benzene rings is 1. The van der Waals surface area contributed by atoms with Gasteiger partial charge in [-0.25, -0.2) is 0 Å². The number of alkyl halides is 1. The molecule has 0 aliphatic heterocycles. The van der Waals surface area contributed by atoms with Crippen molar-refractivity contribution < 1.29 is 4.74 Å². The lowest BCUT2D eigenvalue weighted by atomic mass is 10.3. The van der Waals surface area contributed by atoms with Crippen LogP contribution in [0.1, 0.15) is 0 Å². The quantitative estimate of drug-likeness (QED) is 0.844. The molecule has 0 saturated heterocycles. The third-order valence-electron chi connectivity index (χ3n) is 1.57. The van der Waals surface area contributed by atoms with Crippen molar-refractivity contribution in [2.45, 2.75) is 0 Å². The number of nitrogens with one attached hydrogen (secondary N) is 1. The molecule has 72 valence electrons. The van der Waals surface area contributed by atoms with E-state index < -0.39 is 0 Å². The van der Waals surface area contributed by atoms with Crippen LogP contribution in [-0.4, -0.2) is 19.5 Å². The summed E-state index contributed by atoms with van der Waals surface area (Å²) in [6.45, 7) is 0.756. The van der Waals surface area contributed by atoms with Crippen molar-refractivity contribution in [2.24, 2.45) is 0 Å². The van der Waals surface area contributed by atoms with Crippen molar-refractivity contribution in [1.29, 1.82) is 0 Å². The maximum atomic E-state index is 5.55. The van der Waals surface area contributed by atoms with Crippen LogP contribution >= 0.6 is 27.5 Å². The number of hydrogen-bond donors (Lipinski definition) is 1. The van der Waals surface area contributed by atoms with Crippen LogP contribution in [0.5, 0.6) is 5.75 Å². The smallest absolute Gasteiger partial charge is 0.135 e. The summed E-state index contributed by atoms with van der Waals surface area (Å²) in [5.41, 5.74) is 1.01. The molecule has 0 aliphatic carbocycles. The molecular formula is C9H11BrClNO. The number of methoxy groups -OCH3 is 1. The molecule has 1 N–H and O–H groups in total. The summed E-state index contributed by atoms with van der Waals surface area (Å²) in [6.07, 6.45) is 0. The van der Waals surface area contributed by atoms with Gasteiger partial charge in [0.15, 0.2) is 0 Å². The Morgan fingerprint density at radius 2 is 2.31 bits per heavy atom. The van der Waals surface area contributed by atoms with Crippen molar-refractivity contribution in [2.75, 3.05) is 24.9 Å². The Balaban J connectivity index is 2.74. The van der Waals surface area contributed by atoms with E-state index in [0.29, 0.717) is 5.88 Å². The fourth-order valence-corrected chi connectivity index (χ4v) is 1.46. The Morgan fingerprint density at radius 3 is 2.92 bits per heavy atom. The lowest BCUT2D eigenvalue weighted by Crippen LogP contribution is -2.02. The van der Waals surface area contributed by atoms with E-state index in [4.69, 9.17) is 16.3 Å². The van der Waals surface area contributed by atoms with Crippen molar-refractivity contribution in [3.63, 3.8) is 0 Å². The van der Waals surface area contributed by atoms with Gasteiger partial charge in [0.2, 0.25) is 0 Å². The first kappa shape index (κ1) is 10.7. The summed E-state index contributed by atoms with van der Waals surface area (Å²) in [5, 5.41) is 3.16. The Hall–Kier alpha value is -0.410. The van der Waals surface area contributed by atoms with E-state index in [1.807, 2.05) is 18.2 Å². The first-order valence-corrected chi connectivity index (χ1v) is 5.24. The van der Waals surface area contributed by atoms with Crippen LogP contribution in [-0.2, 0) is 0 Å². The van der Waals surface area contributed by atoms with Gasteiger partial charge in [0, 0.05) is 24.2 Å². The monoisotopic (exact) mass is 263 g/mol. The van der Waals surface area contributed by atoms with Gasteiger partial charge in [0.25, 0.3) is 0 Å². The average molecular weight is 265 g/mol. The van der Waals surface area contributed by atoms with Gasteiger partial charge in [0.05, 0.1) is 11.6 Å². The van der Waals surface area contributed by atoms with Gasteiger partial charge in [-0.2, -0.15) is 0 Å². The summed E-state index contributed by atoms with van der Waals surface area (Å²) in [6, 6.07) is 5.84. The lowest BCUT2D eigenvalue weighted by molar-refractivity contribution is 0.412. The number of rotatable bonds is 4. The van der Waals surface area contributed by atoms with E-state index in [2.05, 4.69) is 21.2 Å². The molecule has 1 rings (SSSR count). The third-order valence-corrected chi connectivity index (χ3v) is 2.42. The van der Waals surface area contributed by atoms with Crippen molar-refractivity contribution in [3.8, 4) is 5.75 Å². The van der Waals surface area contributed by atoms with Crippen molar-refractivity contribution in [3.05, 3.63) is 22.7 Å². The topological polar surface area (TPSA) is 21.3 Å². The van der Waals surface area contributed by atoms with E-state index in [9.17, 15) is 0 Å². The zero-order valence-electron chi connectivity index (χ0n) is 7.31. The Kier molecular flexibility index (Phi) is 4.39. The minimum atomic E-state index is 0.596. The van der Waals surface area contributed by atoms with Crippen molar-refractivity contribution >= 4 is 33.2 Å². The normalized spacial score (nSPS) is 9.77. The molecule has 0 radical (unpaired) electrons. The Bertz CT molecular complexity index is 280. The molecule has 13 heavy (non-hydrogen) atoms. The Labute approximate surface area is 91.4 Å². The van der Waals surface area contributed by atoms with Gasteiger partial charge in [-0.1, -0.05) is 0 Å². The Morgan fingerprint density at radius 1 is 1.54 bits per heavy atom. The molecule has 0 atom stereocenters. The van der Waals surface area contributed by atoms with E-state index >= 15 is 0 Å². The molecular weight excluding hydrogens is 253 g/mol. The molecule has 0 unspecified atom stereocenters. The number of ether oxygens (including phenoxy) is 1. The van der Waals surface area contributed by atoms with Crippen LogP contribution in [0.15, 0.2) is 22.7 Å². The van der Waals surface area contributed by atoms with Crippen LogP contribution in [0.2, 0.25) is 0 Å². The van der Waals surface area contributed by atoms with Gasteiger partial charge >= 0.3 is 0 Å². The molecule has 1 aromatic carbocycles. The molecule has 4 heteroatoms. The van der Waals surface area contributed by atoms with Gasteiger partial charge in [-0.3, -0.25) is 0 Å². The van der Waals surface area contributed by atoms with Crippen LogP contribution < -0.4 is 10.1 Å². The second kappa shape index (κ2) is 5.35. The number of hydrogen-bond acceptors (Lipinski definition) is 2. The average Bonchev–Trinajstić information content (AvgIpc) is 2.16. The minimum absolute atomic E-state index is 0.596. The highest BCUT2D eigenvalue weighted by molar-refractivity contribution is 9.10. The summed E-state index contributed by atoms with van der Waals surface area (Å²) in [4.78, 5) is 0. The molecule has 1 aromatic rings. The fourth-order valence-electron chi connectivity index (χ4n) is 0.961. The maximum Gasteiger partial charge on any atom is 0.135 e. The molecule has 2 nitrogen and oxygen atoms in total. The lowest BCUT2D eigenvalue weighted by Gasteiger charge is -2.07. The summed E-state index contributed by atoms with van der Waals surface area (Å²) in [7, 11) is 1.64. The zero-order valence-corrected chi connectivity index (χ0v) is 9.65. The summed E-state index contributed by atoms with van der Waals surface area (Å²) in [5.74, 6) is 1.41. The molecule has 0 saturated carbocycles. The summed E-state index contributed by atoms with van der Waals surface area (Å²) >= 11 is 8.93. The van der Waals surface area contributed by atoms with Gasteiger partial charge < -0.3 is 10.1 Å². The fraction of sp³-hybridized carbons (Fsp3) is 0.333. The third kappa shape index (κ3) is 3.08. The van der Waals surface area contributed by atoms with Crippen LogP contribution in [0.3, 0.4) is 0 Å². The largest absolute Gasteiger partial charge is 0.495 e. The number of anilines is 1. The standard InChI is InChI=1S/C9H11BrClNO/c1-13-9-6-7(12-5-4-11)2-3-8(9)10/h2-3,6,12H,4-5H2,1H3. The zero-order chi connectivity index (χ0) is 9.68. The minimum Gasteiger partial charge on any atom is -0.495 e. The van der Waals surface area contributed by atoms with Gasteiger partial charge in [-0.05, 0) is 28.1 Å². The van der Waals surface area contributed by atoms with Gasteiger partial charge in [-0.15, -0.1) is 11.6 Å². The molecule has 0 spiro atoms. The van der Waals surface area contributed by atoms with Crippen LogP contribution in [0.25, 0.3) is 0 Å². The predicted molar refractivity (Wildman–Crippen MR) is 59.9 cm³/mol. The molecule has 0 amide bonds. The first-order chi connectivity index (χ1) is 6.27. The first-order valence-electron chi connectivity index (χ1n) is 3.91. The van der Waals surface area contributed by atoms with Crippen LogP contribution in [0.4, 0.5) is 5.69 Å². The highest BCUT2D eigenvalue weighted by Crippen LogP contribution is 2.27. The molecule has 0 aromatic heterocycles. The second-order valence-corrected chi connectivity index (χ2v) is 3.70.